The van der Waals surface area contributed by atoms with Gasteiger partial charge in [-0.15, -0.1) is 0 Å². The van der Waals surface area contributed by atoms with E-state index in [4.69, 9.17) is 4.74 Å². The van der Waals surface area contributed by atoms with Gasteiger partial charge < -0.3 is 15.0 Å². The molecule has 0 aliphatic carbocycles. The maximum absolute atomic E-state index is 13.5. The lowest BCUT2D eigenvalue weighted by molar-refractivity contribution is -0.114. The molecular formula is C23H23F2N3O4. The van der Waals surface area contributed by atoms with Crippen molar-refractivity contribution in [3.8, 4) is 0 Å². The molecule has 4 rings (SSSR count). The van der Waals surface area contributed by atoms with E-state index in [0.29, 0.717) is 49.3 Å². The summed E-state index contributed by atoms with van der Waals surface area (Å²) >= 11 is 0. The minimum absolute atomic E-state index is 0.126. The third kappa shape index (κ3) is 4.56. The van der Waals surface area contributed by atoms with Crippen molar-refractivity contribution >= 4 is 23.6 Å². The molecule has 1 spiro atoms. The number of halogens is 2. The largest absolute Gasteiger partial charge is 0.441 e. The van der Waals surface area contributed by atoms with Crippen LogP contribution in [-0.4, -0.2) is 52.9 Å². The lowest BCUT2D eigenvalue weighted by Gasteiger charge is -2.37. The second-order valence-corrected chi connectivity index (χ2v) is 8.21. The van der Waals surface area contributed by atoms with Crippen LogP contribution in [0.15, 0.2) is 42.5 Å². The van der Waals surface area contributed by atoms with Gasteiger partial charge in [-0.1, -0.05) is 6.07 Å². The zero-order valence-electron chi connectivity index (χ0n) is 17.6. The molecule has 168 valence electrons. The summed E-state index contributed by atoms with van der Waals surface area (Å²) in [7, 11) is 0. The molecule has 2 saturated heterocycles. The van der Waals surface area contributed by atoms with Crippen LogP contribution in [0.5, 0.6) is 0 Å². The summed E-state index contributed by atoms with van der Waals surface area (Å²) in [5.41, 5.74) is 0.916. The molecule has 1 N–H and O–H groups in total. The third-order valence-electron chi connectivity index (χ3n) is 5.81. The molecule has 2 aromatic rings. The van der Waals surface area contributed by atoms with Crippen LogP contribution >= 0.6 is 0 Å². The van der Waals surface area contributed by atoms with E-state index in [0.717, 1.165) is 12.1 Å². The lowest BCUT2D eigenvalue weighted by atomic mass is 9.91. The van der Waals surface area contributed by atoms with E-state index in [1.54, 1.807) is 29.2 Å². The predicted octanol–water partition coefficient (Wildman–Crippen LogP) is 3.55. The summed E-state index contributed by atoms with van der Waals surface area (Å²) in [4.78, 5) is 39.5. The normalized spacial score (nSPS) is 17.4. The Kier molecular flexibility index (Phi) is 5.82. The molecule has 2 heterocycles. The number of hydrogen-bond acceptors (Lipinski definition) is 4. The number of benzene rings is 2. The van der Waals surface area contributed by atoms with Crippen LogP contribution in [0.3, 0.4) is 0 Å². The topological polar surface area (TPSA) is 79.0 Å². The van der Waals surface area contributed by atoms with E-state index in [9.17, 15) is 23.2 Å². The van der Waals surface area contributed by atoms with E-state index >= 15 is 0 Å². The lowest BCUT2D eigenvalue weighted by Crippen LogP contribution is -2.48. The number of anilines is 1. The number of amides is 3. The highest BCUT2D eigenvalue weighted by Crippen LogP contribution is 2.34. The molecule has 0 unspecified atom stereocenters. The van der Waals surface area contributed by atoms with Crippen LogP contribution in [0, 0.1) is 11.6 Å². The number of rotatable bonds is 4. The Morgan fingerprint density at radius 1 is 1.06 bits per heavy atom. The Bertz CT molecular complexity index is 1050. The van der Waals surface area contributed by atoms with Crippen molar-refractivity contribution in [3.05, 3.63) is 65.2 Å². The molecule has 2 aliphatic heterocycles. The molecular weight excluding hydrogens is 420 g/mol. The molecule has 7 nitrogen and oxygen atoms in total. The average molecular weight is 443 g/mol. The molecule has 2 aliphatic rings. The van der Waals surface area contributed by atoms with Crippen LogP contribution in [0.4, 0.5) is 19.3 Å². The van der Waals surface area contributed by atoms with Crippen LogP contribution in [0.2, 0.25) is 0 Å². The highest BCUT2D eigenvalue weighted by atomic mass is 19.2. The molecule has 0 aromatic heterocycles. The van der Waals surface area contributed by atoms with Crippen molar-refractivity contribution in [2.75, 3.05) is 25.0 Å². The fourth-order valence-electron chi connectivity index (χ4n) is 4.13. The summed E-state index contributed by atoms with van der Waals surface area (Å²) in [6.07, 6.45) is 0.480. The number of nitrogens with zero attached hydrogens (tertiary/aromatic N) is 2. The van der Waals surface area contributed by atoms with Gasteiger partial charge in [0.25, 0.3) is 5.91 Å². The van der Waals surface area contributed by atoms with Crippen LogP contribution < -0.4 is 5.32 Å². The van der Waals surface area contributed by atoms with E-state index in [-0.39, 0.29) is 18.4 Å². The van der Waals surface area contributed by atoms with E-state index in [2.05, 4.69) is 5.32 Å². The number of piperidine rings is 1. The maximum atomic E-state index is 13.5. The zero-order valence-corrected chi connectivity index (χ0v) is 17.6. The van der Waals surface area contributed by atoms with Crippen molar-refractivity contribution in [1.29, 1.82) is 0 Å². The maximum Gasteiger partial charge on any atom is 0.410 e. The fourth-order valence-corrected chi connectivity index (χ4v) is 4.13. The van der Waals surface area contributed by atoms with E-state index < -0.39 is 23.3 Å². The standard InChI is InChI=1S/C23H23F2N3O4/c1-15(29)26-18-5-3-17(4-6-18)21(30)27-10-8-23(9-11-27)14-28(22(31)32-23)13-16-2-7-19(24)20(25)12-16/h2-7,12H,8-11,13-14H2,1H3,(H,26,29). The highest BCUT2D eigenvalue weighted by molar-refractivity contribution is 5.95. The Balaban J connectivity index is 1.35. The summed E-state index contributed by atoms with van der Waals surface area (Å²) in [5, 5.41) is 2.66. The molecule has 2 aromatic carbocycles. The quantitative estimate of drug-likeness (QED) is 0.784. The Morgan fingerprint density at radius 2 is 1.75 bits per heavy atom. The number of carbonyl (C=O) groups is 3. The molecule has 2 fully saturated rings. The van der Waals surface area contributed by atoms with Gasteiger partial charge in [0, 0.05) is 50.7 Å². The van der Waals surface area contributed by atoms with Crippen molar-refractivity contribution < 1.29 is 27.9 Å². The van der Waals surface area contributed by atoms with Gasteiger partial charge in [0.1, 0.15) is 5.60 Å². The van der Waals surface area contributed by atoms with Gasteiger partial charge in [-0.25, -0.2) is 13.6 Å². The number of ether oxygens (including phenoxy) is 1. The van der Waals surface area contributed by atoms with Gasteiger partial charge in [0.2, 0.25) is 5.91 Å². The summed E-state index contributed by atoms with van der Waals surface area (Å²) < 4.78 is 32.3. The van der Waals surface area contributed by atoms with Gasteiger partial charge in [-0.3, -0.25) is 14.5 Å². The van der Waals surface area contributed by atoms with Crippen molar-refractivity contribution in [2.45, 2.75) is 31.9 Å². The first-order valence-corrected chi connectivity index (χ1v) is 10.3. The van der Waals surface area contributed by atoms with Gasteiger partial charge in [-0.2, -0.15) is 0 Å². The summed E-state index contributed by atoms with van der Waals surface area (Å²) in [5.74, 6) is -2.20. The van der Waals surface area contributed by atoms with Gasteiger partial charge in [-0.05, 0) is 42.0 Å². The number of likely N-dealkylation sites (tertiary alicyclic amines) is 1. The third-order valence-corrected chi connectivity index (χ3v) is 5.81. The van der Waals surface area contributed by atoms with E-state index in [1.165, 1.54) is 17.9 Å². The Morgan fingerprint density at radius 3 is 2.38 bits per heavy atom. The summed E-state index contributed by atoms with van der Waals surface area (Å²) in [6.45, 7) is 2.73. The van der Waals surface area contributed by atoms with Crippen molar-refractivity contribution in [2.24, 2.45) is 0 Å². The van der Waals surface area contributed by atoms with E-state index in [1.807, 2.05) is 0 Å². The second kappa shape index (κ2) is 8.57. The average Bonchev–Trinajstić information content (AvgIpc) is 3.05. The first kappa shape index (κ1) is 21.7. The molecule has 0 atom stereocenters. The molecule has 9 heteroatoms. The predicted molar refractivity (Wildman–Crippen MR) is 112 cm³/mol. The van der Waals surface area contributed by atoms with Crippen LogP contribution in [-0.2, 0) is 16.1 Å². The van der Waals surface area contributed by atoms with Crippen molar-refractivity contribution in [3.63, 3.8) is 0 Å². The molecule has 0 bridgehead atoms. The summed E-state index contributed by atoms with van der Waals surface area (Å²) in [6, 6.07) is 10.2. The Labute approximate surface area is 183 Å². The number of carbonyl (C=O) groups excluding carboxylic acids is 3. The number of nitrogens with one attached hydrogen (secondary N) is 1. The second-order valence-electron chi connectivity index (χ2n) is 8.21. The van der Waals surface area contributed by atoms with Crippen molar-refractivity contribution in [1.82, 2.24) is 9.80 Å². The molecule has 32 heavy (non-hydrogen) atoms. The molecule has 0 radical (unpaired) electrons. The van der Waals surface area contributed by atoms with Gasteiger partial charge in [0.15, 0.2) is 11.6 Å². The zero-order chi connectivity index (χ0) is 22.9. The van der Waals surface area contributed by atoms with Gasteiger partial charge in [0.05, 0.1) is 6.54 Å². The minimum atomic E-state index is -0.957. The number of hydrogen-bond donors (Lipinski definition) is 1. The minimum Gasteiger partial charge on any atom is -0.441 e. The fraction of sp³-hybridized carbons (Fsp3) is 0.348. The monoisotopic (exact) mass is 443 g/mol. The van der Waals surface area contributed by atoms with Gasteiger partial charge >= 0.3 is 6.09 Å². The Hall–Kier alpha value is -3.49. The smallest absolute Gasteiger partial charge is 0.410 e. The SMILES string of the molecule is CC(=O)Nc1ccc(C(=O)N2CCC3(CC2)CN(Cc2ccc(F)c(F)c2)C(=O)O3)cc1. The van der Waals surface area contributed by atoms with Crippen LogP contribution in [0.25, 0.3) is 0 Å². The first-order valence-electron chi connectivity index (χ1n) is 10.3. The highest BCUT2D eigenvalue weighted by Gasteiger charge is 2.47. The molecule has 3 amide bonds. The first-order chi connectivity index (χ1) is 15.2. The molecule has 0 saturated carbocycles. The van der Waals surface area contributed by atoms with Crippen LogP contribution in [0.1, 0.15) is 35.7 Å².